The average Bonchev–Trinajstić information content (AvgIpc) is 3.31. The fourth-order valence-corrected chi connectivity index (χ4v) is 5.69. The molecule has 0 saturated carbocycles. The highest BCUT2D eigenvalue weighted by molar-refractivity contribution is 6.30. The molecule has 0 radical (unpaired) electrons. The Kier molecular flexibility index (Phi) is 8.73. The Hall–Kier alpha value is -3.80. The summed E-state index contributed by atoms with van der Waals surface area (Å²) >= 11 is 5.80. The number of imidazole rings is 1. The fourth-order valence-electron chi connectivity index (χ4n) is 5.53. The van der Waals surface area contributed by atoms with E-state index in [1.807, 2.05) is 4.57 Å². The van der Waals surface area contributed by atoms with E-state index in [9.17, 15) is 18.7 Å². The molecule has 6 rings (SSSR count). The average molecular weight is 613 g/mol. The lowest BCUT2D eigenvalue weighted by molar-refractivity contribution is -0.0594. The molecule has 2 saturated heterocycles. The van der Waals surface area contributed by atoms with Crippen molar-refractivity contribution in [1.29, 1.82) is 0 Å². The van der Waals surface area contributed by atoms with Crippen LogP contribution in [-0.4, -0.2) is 68.6 Å². The van der Waals surface area contributed by atoms with E-state index in [-0.39, 0.29) is 41.2 Å². The maximum absolute atomic E-state index is 14.4. The Morgan fingerprint density at radius 3 is 2.77 bits per heavy atom. The van der Waals surface area contributed by atoms with E-state index < -0.39 is 18.5 Å². The topological polar surface area (TPSA) is 98.9 Å². The molecule has 1 unspecified atom stereocenters. The summed E-state index contributed by atoms with van der Waals surface area (Å²) in [5, 5.41) is 9.79. The quantitative estimate of drug-likeness (QED) is 0.231. The van der Waals surface area contributed by atoms with Crippen molar-refractivity contribution < 1.29 is 32.9 Å². The Morgan fingerprint density at radius 1 is 1.16 bits per heavy atom. The molecule has 2 aromatic heterocycles. The maximum Gasteiger partial charge on any atom is 0.335 e. The zero-order chi connectivity index (χ0) is 29.9. The van der Waals surface area contributed by atoms with Gasteiger partial charge in [-0.1, -0.05) is 11.6 Å². The number of benzene rings is 2. The van der Waals surface area contributed by atoms with E-state index in [4.69, 9.17) is 30.8 Å². The SMILES string of the molecule is O=C(O)c1ccc2nc(CN3CCC(Oc4ccnc(COc5ccc(Cl)cc5F)c4)C[C@@H]3CF)n(C[C@@H]3CCO3)c2c1. The van der Waals surface area contributed by atoms with Crippen LogP contribution in [0.4, 0.5) is 8.78 Å². The van der Waals surface area contributed by atoms with Crippen LogP contribution in [0.5, 0.6) is 11.5 Å². The lowest BCUT2D eigenvalue weighted by atomic mass is 10.00. The van der Waals surface area contributed by atoms with Crippen LogP contribution in [-0.2, 0) is 24.4 Å². The van der Waals surface area contributed by atoms with Crippen LogP contribution < -0.4 is 9.47 Å². The van der Waals surface area contributed by atoms with Crippen LogP contribution in [0, 0.1) is 5.82 Å². The normalized spacial score (nSPS) is 20.6. The van der Waals surface area contributed by atoms with Crippen LogP contribution in [0.1, 0.15) is 41.1 Å². The standard InChI is InChI=1S/C31H31ClF2N4O5/c32-20-2-4-29(26(34)12-20)42-18-21-13-23(5-8-35-21)43-24-6-9-37(22(14-24)15-33)17-30-36-27-3-1-19(31(39)40)11-28(27)38(30)16-25-7-10-41-25/h1-5,8,11-13,22,24-25H,6-7,9-10,14-18H2,(H,39,40)/t22-,24?,25+/m1/s1. The first-order chi connectivity index (χ1) is 20.9. The highest BCUT2D eigenvalue weighted by atomic mass is 35.5. The van der Waals surface area contributed by atoms with Gasteiger partial charge in [0, 0.05) is 42.9 Å². The minimum atomic E-state index is -1.00. The molecule has 9 nitrogen and oxygen atoms in total. The van der Waals surface area contributed by atoms with Crippen molar-refractivity contribution in [3.63, 3.8) is 0 Å². The first kappa shape index (κ1) is 29.3. The van der Waals surface area contributed by atoms with Gasteiger partial charge in [0.2, 0.25) is 0 Å². The van der Waals surface area contributed by atoms with Crippen LogP contribution in [0.2, 0.25) is 5.02 Å². The molecule has 0 aliphatic carbocycles. The van der Waals surface area contributed by atoms with Gasteiger partial charge in [-0.3, -0.25) is 9.88 Å². The molecule has 4 aromatic rings. The molecule has 2 aromatic carbocycles. The highest BCUT2D eigenvalue weighted by Gasteiger charge is 2.32. The Bertz CT molecular complexity index is 1610. The molecular weight excluding hydrogens is 582 g/mol. The van der Waals surface area contributed by atoms with Crippen molar-refractivity contribution in [2.24, 2.45) is 0 Å². The third-order valence-corrected chi connectivity index (χ3v) is 8.16. The number of aromatic carboxylic acids is 1. The number of hydrogen-bond acceptors (Lipinski definition) is 7. The molecule has 226 valence electrons. The van der Waals surface area contributed by atoms with E-state index in [1.165, 1.54) is 12.1 Å². The largest absolute Gasteiger partial charge is 0.490 e. The molecule has 2 aliphatic rings. The van der Waals surface area contributed by atoms with Gasteiger partial charge in [0.15, 0.2) is 11.6 Å². The number of rotatable bonds is 11. The van der Waals surface area contributed by atoms with Crippen molar-refractivity contribution >= 4 is 28.6 Å². The van der Waals surface area contributed by atoms with E-state index in [2.05, 4.69) is 9.88 Å². The fraction of sp³-hybridized carbons (Fsp3) is 0.387. The van der Waals surface area contributed by atoms with Gasteiger partial charge in [-0.05, 0) is 55.3 Å². The van der Waals surface area contributed by atoms with E-state index in [0.29, 0.717) is 56.0 Å². The maximum atomic E-state index is 14.4. The number of hydrogen-bond donors (Lipinski definition) is 1. The second-order valence-electron chi connectivity index (χ2n) is 10.8. The second-order valence-corrected chi connectivity index (χ2v) is 11.3. The van der Waals surface area contributed by atoms with Crippen molar-refractivity contribution in [3.8, 4) is 11.5 Å². The number of carboxylic acid groups (broad SMARTS) is 1. The van der Waals surface area contributed by atoms with Gasteiger partial charge in [-0.2, -0.15) is 0 Å². The lowest BCUT2D eigenvalue weighted by Gasteiger charge is -2.38. The van der Waals surface area contributed by atoms with Gasteiger partial charge in [-0.15, -0.1) is 0 Å². The molecule has 0 spiro atoms. The van der Waals surface area contributed by atoms with E-state index >= 15 is 0 Å². The molecule has 2 fully saturated rings. The third-order valence-electron chi connectivity index (χ3n) is 7.93. The zero-order valence-electron chi connectivity index (χ0n) is 23.3. The van der Waals surface area contributed by atoms with E-state index in [0.717, 1.165) is 17.8 Å². The summed E-state index contributed by atoms with van der Waals surface area (Å²) in [4.78, 5) is 22.8. The molecule has 1 N–H and O–H groups in total. The van der Waals surface area contributed by atoms with E-state index in [1.54, 1.807) is 42.6 Å². The summed E-state index contributed by atoms with van der Waals surface area (Å²) in [6.07, 6.45) is 3.52. The van der Waals surface area contributed by atoms with Gasteiger partial charge in [0.25, 0.3) is 0 Å². The molecule has 0 bridgehead atoms. The summed E-state index contributed by atoms with van der Waals surface area (Å²) in [5.74, 6) is -0.146. The second kappa shape index (κ2) is 12.8. The molecule has 0 amide bonds. The number of alkyl halides is 1. The van der Waals surface area contributed by atoms with Crippen molar-refractivity contribution in [3.05, 3.63) is 82.6 Å². The number of carbonyl (C=O) groups is 1. The number of fused-ring (bicyclic) bond motifs is 1. The molecule has 3 atom stereocenters. The molecule has 2 aliphatic heterocycles. The van der Waals surface area contributed by atoms with Crippen LogP contribution in [0.3, 0.4) is 0 Å². The summed E-state index contributed by atoms with van der Waals surface area (Å²) in [5.41, 5.74) is 2.19. The number of halogens is 3. The number of carboxylic acids is 1. The first-order valence-electron chi connectivity index (χ1n) is 14.2. The number of ether oxygens (including phenoxy) is 3. The van der Waals surface area contributed by atoms with Crippen LogP contribution in [0.15, 0.2) is 54.7 Å². The monoisotopic (exact) mass is 612 g/mol. The summed E-state index contributed by atoms with van der Waals surface area (Å²) < 4.78 is 47.9. The smallest absolute Gasteiger partial charge is 0.335 e. The number of pyridine rings is 1. The Labute approximate surface area is 252 Å². The van der Waals surface area contributed by atoms with Crippen LogP contribution >= 0.6 is 11.6 Å². The number of nitrogens with zero attached hydrogens (tertiary/aromatic N) is 4. The molecule has 4 heterocycles. The number of piperidine rings is 1. The molecular formula is C31H31ClF2N4O5. The van der Waals surface area contributed by atoms with Gasteiger partial charge >= 0.3 is 5.97 Å². The third kappa shape index (κ3) is 6.74. The van der Waals surface area contributed by atoms with Crippen LogP contribution in [0.25, 0.3) is 11.0 Å². The van der Waals surface area contributed by atoms with Gasteiger partial charge < -0.3 is 23.9 Å². The number of likely N-dealkylation sites (tertiary alicyclic amines) is 1. The van der Waals surface area contributed by atoms with Gasteiger partial charge in [0.05, 0.1) is 41.5 Å². The molecule has 12 heteroatoms. The summed E-state index contributed by atoms with van der Waals surface area (Å²) in [6, 6.07) is 12.2. The van der Waals surface area contributed by atoms with Gasteiger partial charge in [-0.25, -0.2) is 18.6 Å². The lowest BCUT2D eigenvalue weighted by Crippen LogP contribution is -2.47. The predicted molar refractivity (Wildman–Crippen MR) is 155 cm³/mol. The molecule has 43 heavy (non-hydrogen) atoms. The summed E-state index contributed by atoms with van der Waals surface area (Å²) in [6.45, 7) is 1.78. The van der Waals surface area contributed by atoms with Crippen molar-refractivity contribution in [2.45, 2.75) is 57.2 Å². The first-order valence-corrected chi connectivity index (χ1v) is 14.6. The zero-order valence-corrected chi connectivity index (χ0v) is 24.1. The Morgan fingerprint density at radius 2 is 2.02 bits per heavy atom. The summed E-state index contributed by atoms with van der Waals surface area (Å²) in [7, 11) is 0. The Balaban J connectivity index is 1.11. The minimum Gasteiger partial charge on any atom is -0.490 e. The minimum absolute atomic E-state index is 0.0432. The van der Waals surface area contributed by atoms with Crippen molar-refractivity contribution in [1.82, 2.24) is 19.4 Å². The highest BCUT2D eigenvalue weighted by Crippen LogP contribution is 2.28. The van der Waals surface area contributed by atoms with Gasteiger partial charge in [0.1, 0.15) is 31.0 Å². The van der Waals surface area contributed by atoms with Crippen molar-refractivity contribution in [2.75, 3.05) is 19.8 Å². The predicted octanol–water partition coefficient (Wildman–Crippen LogP) is 5.67. The number of aromatic nitrogens is 3.